The van der Waals surface area contributed by atoms with Gasteiger partial charge in [-0.3, -0.25) is 0 Å². The average molecular weight is 101 g/mol. The van der Waals surface area contributed by atoms with Crippen LogP contribution in [-0.2, 0) is 4.74 Å². The second-order valence-corrected chi connectivity index (χ2v) is 1.95. The molecule has 1 unspecified atom stereocenters. The number of nitrogens with one attached hydrogen (secondary N) is 1. The largest absolute Gasteiger partial charge is 0.371 e. The maximum Gasteiger partial charge on any atom is 0.0959 e. The van der Waals surface area contributed by atoms with Crippen molar-refractivity contribution in [3.63, 3.8) is 0 Å². The van der Waals surface area contributed by atoms with E-state index in [0.29, 0.717) is 12.1 Å². The molecule has 0 bridgehead atoms. The second-order valence-electron chi connectivity index (χ2n) is 1.95. The lowest BCUT2D eigenvalue weighted by Crippen LogP contribution is -2.26. The molecule has 42 valence electrons. The predicted molar refractivity (Wildman–Crippen MR) is 28.3 cm³/mol. The topological polar surface area (TPSA) is 24.6 Å². The van der Waals surface area contributed by atoms with Gasteiger partial charge in [-0.1, -0.05) is 0 Å². The van der Waals surface area contributed by atoms with Crippen molar-refractivity contribution >= 4 is 0 Å². The number of rotatable bonds is 2. The van der Waals surface area contributed by atoms with Gasteiger partial charge in [-0.25, -0.2) is 0 Å². The van der Waals surface area contributed by atoms with E-state index >= 15 is 0 Å². The zero-order valence-electron chi connectivity index (χ0n) is 4.77. The van der Waals surface area contributed by atoms with Crippen LogP contribution in [0, 0.1) is 0 Å². The van der Waals surface area contributed by atoms with Gasteiger partial charge in [-0.05, 0) is 14.0 Å². The Balaban J connectivity index is 2.10. The van der Waals surface area contributed by atoms with E-state index in [2.05, 4.69) is 12.2 Å². The molecule has 1 aliphatic heterocycles. The number of epoxide rings is 1. The Kier molecular flexibility index (Phi) is 1.30. The fourth-order valence-corrected chi connectivity index (χ4v) is 0.530. The molecule has 2 heteroatoms. The Morgan fingerprint density at radius 1 is 1.86 bits per heavy atom. The monoisotopic (exact) mass is 101 g/mol. The molecule has 0 aromatic carbocycles. The molecule has 1 fully saturated rings. The molecule has 1 aliphatic rings. The van der Waals surface area contributed by atoms with Crippen molar-refractivity contribution in [3.8, 4) is 0 Å². The summed E-state index contributed by atoms with van der Waals surface area (Å²) >= 11 is 0. The standard InChI is InChI=1S/C5H11NO/c1-4(6-2)5-3-7-5/h4-6H,3H2,1-2H3/t4?,5-/m1/s1. The van der Waals surface area contributed by atoms with E-state index in [1.807, 2.05) is 7.05 Å². The van der Waals surface area contributed by atoms with Crippen LogP contribution in [0.25, 0.3) is 0 Å². The first-order valence-corrected chi connectivity index (χ1v) is 2.63. The SMILES string of the molecule is CNC(C)[C@H]1CO1. The van der Waals surface area contributed by atoms with E-state index in [-0.39, 0.29) is 0 Å². The summed E-state index contributed by atoms with van der Waals surface area (Å²) in [5, 5.41) is 3.10. The van der Waals surface area contributed by atoms with Crippen molar-refractivity contribution in [3.05, 3.63) is 0 Å². The molecule has 0 aliphatic carbocycles. The maximum atomic E-state index is 5.00. The van der Waals surface area contributed by atoms with Crippen LogP contribution in [0.3, 0.4) is 0 Å². The Hall–Kier alpha value is -0.0800. The van der Waals surface area contributed by atoms with Crippen LogP contribution in [0.1, 0.15) is 6.92 Å². The van der Waals surface area contributed by atoms with E-state index in [9.17, 15) is 0 Å². The minimum absolute atomic E-state index is 0.505. The fraction of sp³-hybridized carbons (Fsp3) is 1.00. The Labute approximate surface area is 43.9 Å². The van der Waals surface area contributed by atoms with E-state index in [1.54, 1.807) is 0 Å². The maximum absolute atomic E-state index is 5.00. The van der Waals surface area contributed by atoms with Crippen molar-refractivity contribution in [1.29, 1.82) is 0 Å². The highest BCUT2D eigenvalue weighted by Gasteiger charge is 2.27. The highest BCUT2D eigenvalue weighted by atomic mass is 16.6. The quantitative estimate of drug-likeness (QED) is 0.495. The third-order valence-electron chi connectivity index (χ3n) is 1.37. The van der Waals surface area contributed by atoms with E-state index in [0.717, 1.165) is 6.61 Å². The molecule has 1 N–H and O–H groups in total. The number of hydrogen-bond acceptors (Lipinski definition) is 2. The number of likely N-dealkylation sites (N-methyl/N-ethyl adjacent to an activating group) is 1. The van der Waals surface area contributed by atoms with Gasteiger partial charge in [0.15, 0.2) is 0 Å². The molecule has 2 nitrogen and oxygen atoms in total. The average Bonchev–Trinajstić information content (AvgIpc) is 2.44. The number of ether oxygens (including phenoxy) is 1. The Morgan fingerprint density at radius 2 is 2.43 bits per heavy atom. The van der Waals surface area contributed by atoms with Crippen LogP contribution in [-0.4, -0.2) is 25.8 Å². The lowest BCUT2D eigenvalue weighted by Gasteiger charge is -2.02. The fourth-order valence-electron chi connectivity index (χ4n) is 0.530. The third-order valence-corrected chi connectivity index (χ3v) is 1.37. The molecule has 7 heavy (non-hydrogen) atoms. The molecule has 2 atom stereocenters. The molecule has 1 saturated heterocycles. The first-order valence-electron chi connectivity index (χ1n) is 2.63. The van der Waals surface area contributed by atoms with E-state index in [1.165, 1.54) is 0 Å². The van der Waals surface area contributed by atoms with Gasteiger partial charge in [0, 0.05) is 6.04 Å². The van der Waals surface area contributed by atoms with Crippen LogP contribution >= 0.6 is 0 Å². The van der Waals surface area contributed by atoms with E-state index < -0.39 is 0 Å². The highest BCUT2D eigenvalue weighted by molar-refractivity contribution is 4.79. The lowest BCUT2D eigenvalue weighted by atomic mass is 10.3. The summed E-state index contributed by atoms with van der Waals surface area (Å²) in [6.07, 6.45) is 0.505. The van der Waals surface area contributed by atoms with Crippen molar-refractivity contribution in [1.82, 2.24) is 5.32 Å². The highest BCUT2D eigenvalue weighted by Crippen LogP contribution is 2.12. The summed E-state index contributed by atoms with van der Waals surface area (Å²) in [6, 6.07) is 0.542. The molecule has 0 aromatic rings. The van der Waals surface area contributed by atoms with Gasteiger partial charge >= 0.3 is 0 Å². The molecule has 0 saturated carbocycles. The van der Waals surface area contributed by atoms with Gasteiger partial charge < -0.3 is 10.1 Å². The van der Waals surface area contributed by atoms with Crippen LogP contribution in [0.4, 0.5) is 0 Å². The molecule has 0 spiro atoms. The van der Waals surface area contributed by atoms with Crippen LogP contribution in [0.5, 0.6) is 0 Å². The van der Waals surface area contributed by atoms with Crippen molar-refractivity contribution in [2.75, 3.05) is 13.7 Å². The molecule has 1 heterocycles. The summed E-state index contributed by atoms with van der Waals surface area (Å²) in [4.78, 5) is 0. The smallest absolute Gasteiger partial charge is 0.0959 e. The molecular formula is C5H11NO. The Bertz CT molecular complexity index is 61.1. The third kappa shape index (κ3) is 1.14. The minimum Gasteiger partial charge on any atom is -0.371 e. The molecular weight excluding hydrogens is 90.1 g/mol. The summed E-state index contributed by atoms with van der Waals surface area (Å²) in [6.45, 7) is 3.07. The van der Waals surface area contributed by atoms with Crippen molar-refractivity contribution in [2.24, 2.45) is 0 Å². The van der Waals surface area contributed by atoms with Crippen LogP contribution < -0.4 is 5.32 Å². The predicted octanol–water partition coefficient (Wildman–Crippen LogP) is -0.00690. The van der Waals surface area contributed by atoms with E-state index in [4.69, 9.17) is 4.74 Å². The van der Waals surface area contributed by atoms with Gasteiger partial charge in [0.1, 0.15) is 0 Å². The normalized spacial score (nSPS) is 32.6. The summed E-state index contributed by atoms with van der Waals surface area (Å²) in [7, 11) is 1.95. The lowest BCUT2D eigenvalue weighted by molar-refractivity contribution is 0.362. The zero-order chi connectivity index (χ0) is 5.28. The van der Waals surface area contributed by atoms with Crippen molar-refractivity contribution in [2.45, 2.75) is 19.1 Å². The second kappa shape index (κ2) is 1.80. The molecule has 0 amide bonds. The van der Waals surface area contributed by atoms with Gasteiger partial charge in [0.05, 0.1) is 12.7 Å². The number of hydrogen-bond donors (Lipinski definition) is 1. The molecule has 1 rings (SSSR count). The van der Waals surface area contributed by atoms with Gasteiger partial charge in [-0.15, -0.1) is 0 Å². The van der Waals surface area contributed by atoms with Gasteiger partial charge in [0.25, 0.3) is 0 Å². The summed E-state index contributed by atoms with van der Waals surface area (Å²) in [5.74, 6) is 0. The minimum atomic E-state index is 0.505. The van der Waals surface area contributed by atoms with Gasteiger partial charge in [0.2, 0.25) is 0 Å². The van der Waals surface area contributed by atoms with Crippen molar-refractivity contribution < 1.29 is 4.74 Å². The zero-order valence-corrected chi connectivity index (χ0v) is 4.77. The first kappa shape index (κ1) is 5.06. The van der Waals surface area contributed by atoms with Crippen LogP contribution in [0.15, 0.2) is 0 Å². The first-order chi connectivity index (χ1) is 3.34. The summed E-state index contributed by atoms with van der Waals surface area (Å²) in [5.41, 5.74) is 0. The molecule has 0 radical (unpaired) electrons. The van der Waals surface area contributed by atoms with Crippen LogP contribution in [0.2, 0.25) is 0 Å². The Morgan fingerprint density at radius 3 is 2.57 bits per heavy atom. The summed E-state index contributed by atoms with van der Waals surface area (Å²) < 4.78 is 5.00. The van der Waals surface area contributed by atoms with Gasteiger partial charge in [-0.2, -0.15) is 0 Å². The molecule has 0 aromatic heterocycles.